The first-order chi connectivity index (χ1) is 11.7. The van der Waals surface area contributed by atoms with E-state index in [0.717, 1.165) is 11.1 Å². The fourth-order valence-corrected chi connectivity index (χ4v) is 2.68. The molecule has 0 saturated carbocycles. The van der Waals surface area contributed by atoms with Gasteiger partial charge in [0.25, 0.3) is 5.91 Å². The van der Waals surface area contributed by atoms with Crippen LogP contribution in [0.15, 0.2) is 48.5 Å². The minimum absolute atomic E-state index is 0.00875. The van der Waals surface area contributed by atoms with Gasteiger partial charge in [-0.3, -0.25) is 4.79 Å². The monoisotopic (exact) mass is 359 g/mol. The van der Waals surface area contributed by atoms with E-state index in [1.54, 1.807) is 36.4 Å². The van der Waals surface area contributed by atoms with Crippen LogP contribution in [0, 0.1) is 0 Å². The Labute approximate surface area is 152 Å². The summed E-state index contributed by atoms with van der Waals surface area (Å²) < 4.78 is 0. The summed E-state index contributed by atoms with van der Waals surface area (Å²) in [6.07, 6.45) is 0.168. The van der Waals surface area contributed by atoms with Gasteiger partial charge in [0.05, 0.1) is 0 Å². The maximum Gasteiger partial charge on any atom is 0.326 e. The molecule has 0 aliphatic carbocycles. The van der Waals surface area contributed by atoms with Crippen molar-refractivity contribution < 1.29 is 14.7 Å². The second kappa shape index (κ2) is 7.70. The summed E-state index contributed by atoms with van der Waals surface area (Å²) in [5.74, 6) is -1.49. The van der Waals surface area contributed by atoms with Gasteiger partial charge in [0, 0.05) is 17.0 Å². The molecule has 132 valence electrons. The number of hydrogen-bond acceptors (Lipinski definition) is 2. The van der Waals surface area contributed by atoms with Gasteiger partial charge in [-0.2, -0.15) is 0 Å². The number of carboxylic acid groups (broad SMARTS) is 1. The van der Waals surface area contributed by atoms with Crippen molar-refractivity contribution in [3.05, 3.63) is 70.2 Å². The van der Waals surface area contributed by atoms with E-state index in [4.69, 9.17) is 11.6 Å². The molecule has 0 saturated heterocycles. The van der Waals surface area contributed by atoms with Gasteiger partial charge >= 0.3 is 5.97 Å². The average molecular weight is 360 g/mol. The third-order valence-corrected chi connectivity index (χ3v) is 4.18. The van der Waals surface area contributed by atoms with Crippen LogP contribution in [-0.2, 0) is 16.6 Å². The number of nitrogens with one attached hydrogen (secondary N) is 1. The zero-order valence-corrected chi connectivity index (χ0v) is 15.3. The molecule has 0 unspecified atom stereocenters. The lowest BCUT2D eigenvalue weighted by atomic mass is 9.86. The van der Waals surface area contributed by atoms with E-state index >= 15 is 0 Å². The Morgan fingerprint density at radius 1 is 1.12 bits per heavy atom. The van der Waals surface area contributed by atoms with E-state index in [2.05, 4.69) is 26.1 Å². The van der Waals surface area contributed by atoms with Crippen LogP contribution in [-0.4, -0.2) is 23.0 Å². The van der Waals surface area contributed by atoms with Gasteiger partial charge in [0.2, 0.25) is 0 Å². The van der Waals surface area contributed by atoms with Crippen molar-refractivity contribution in [1.82, 2.24) is 5.32 Å². The maximum absolute atomic E-state index is 12.4. The molecule has 2 aromatic rings. The average Bonchev–Trinajstić information content (AvgIpc) is 2.53. The van der Waals surface area contributed by atoms with Crippen molar-refractivity contribution in [1.29, 1.82) is 0 Å². The van der Waals surface area contributed by atoms with E-state index in [9.17, 15) is 14.7 Å². The molecule has 0 bridgehead atoms. The van der Waals surface area contributed by atoms with Gasteiger partial charge in [-0.15, -0.1) is 0 Å². The highest BCUT2D eigenvalue weighted by Gasteiger charge is 2.22. The number of carboxylic acids is 1. The number of amides is 1. The number of hydrogen-bond donors (Lipinski definition) is 2. The minimum atomic E-state index is -1.08. The van der Waals surface area contributed by atoms with Crippen LogP contribution in [0.5, 0.6) is 0 Å². The van der Waals surface area contributed by atoms with Gasteiger partial charge in [-0.05, 0) is 40.8 Å². The summed E-state index contributed by atoms with van der Waals surface area (Å²) in [5.41, 5.74) is 2.29. The molecule has 4 nitrogen and oxygen atoms in total. The molecular formula is C20H22ClNO3. The Morgan fingerprint density at radius 3 is 2.28 bits per heavy atom. The molecular weight excluding hydrogens is 338 g/mol. The number of aliphatic carboxylic acids is 1. The highest BCUT2D eigenvalue weighted by molar-refractivity contribution is 6.30. The van der Waals surface area contributed by atoms with Crippen molar-refractivity contribution in [3.8, 4) is 0 Å². The third-order valence-electron chi connectivity index (χ3n) is 3.95. The van der Waals surface area contributed by atoms with Gasteiger partial charge in [0.1, 0.15) is 6.04 Å². The van der Waals surface area contributed by atoms with Crippen LogP contribution in [0.4, 0.5) is 0 Å². The first-order valence-electron chi connectivity index (χ1n) is 8.05. The van der Waals surface area contributed by atoms with Gasteiger partial charge in [-0.25, -0.2) is 4.79 Å². The largest absolute Gasteiger partial charge is 0.480 e. The number of benzene rings is 2. The zero-order valence-electron chi connectivity index (χ0n) is 14.5. The van der Waals surface area contributed by atoms with Crippen molar-refractivity contribution in [2.45, 2.75) is 38.6 Å². The van der Waals surface area contributed by atoms with Crippen LogP contribution >= 0.6 is 11.6 Å². The highest BCUT2D eigenvalue weighted by atomic mass is 35.5. The summed E-state index contributed by atoms with van der Waals surface area (Å²) in [5, 5.41) is 12.5. The fourth-order valence-electron chi connectivity index (χ4n) is 2.46. The SMILES string of the molecule is CC(C)(C)c1ccc(C(=O)N[C@H](Cc2cccc(Cl)c2)C(=O)O)cc1. The van der Waals surface area contributed by atoms with Crippen molar-refractivity contribution in [3.63, 3.8) is 0 Å². The fraction of sp³-hybridized carbons (Fsp3) is 0.300. The zero-order chi connectivity index (χ0) is 18.6. The van der Waals surface area contributed by atoms with E-state index in [-0.39, 0.29) is 11.8 Å². The van der Waals surface area contributed by atoms with E-state index in [0.29, 0.717) is 10.6 Å². The molecule has 0 spiro atoms. The molecule has 1 atom stereocenters. The Kier molecular flexibility index (Phi) is 5.85. The molecule has 25 heavy (non-hydrogen) atoms. The standard InChI is InChI=1S/C20H22ClNO3/c1-20(2,3)15-9-7-14(8-10-15)18(23)22-17(19(24)25)12-13-5-4-6-16(21)11-13/h4-11,17H,12H2,1-3H3,(H,22,23)(H,24,25)/t17-/m1/s1. The van der Waals surface area contributed by atoms with Crippen LogP contribution in [0.25, 0.3) is 0 Å². The van der Waals surface area contributed by atoms with E-state index < -0.39 is 17.9 Å². The molecule has 0 radical (unpaired) electrons. The molecule has 1 amide bonds. The molecule has 2 aromatic carbocycles. The predicted octanol–water partition coefficient (Wildman–Crippen LogP) is 4.06. The van der Waals surface area contributed by atoms with Crippen LogP contribution in [0.1, 0.15) is 42.3 Å². The smallest absolute Gasteiger partial charge is 0.326 e. The second-order valence-corrected chi connectivity index (χ2v) is 7.46. The molecule has 0 fully saturated rings. The topological polar surface area (TPSA) is 66.4 Å². The summed E-state index contributed by atoms with van der Waals surface area (Å²) >= 11 is 5.93. The Bertz CT molecular complexity index is 763. The van der Waals surface area contributed by atoms with Crippen LogP contribution in [0.2, 0.25) is 5.02 Å². The molecule has 2 N–H and O–H groups in total. The van der Waals surface area contributed by atoms with Gasteiger partial charge < -0.3 is 10.4 Å². The first-order valence-corrected chi connectivity index (χ1v) is 8.43. The number of rotatable bonds is 5. The van der Waals surface area contributed by atoms with Crippen molar-refractivity contribution in [2.24, 2.45) is 0 Å². The minimum Gasteiger partial charge on any atom is -0.480 e. The quantitative estimate of drug-likeness (QED) is 0.845. The molecule has 5 heteroatoms. The Hall–Kier alpha value is -2.33. The number of halogens is 1. The molecule has 2 rings (SSSR count). The Morgan fingerprint density at radius 2 is 1.76 bits per heavy atom. The normalized spacial score (nSPS) is 12.5. The maximum atomic E-state index is 12.4. The number of carbonyl (C=O) groups excluding carboxylic acids is 1. The third kappa shape index (κ3) is 5.33. The molecule has 0 aliphatic rings. The summed E-state index contributed by atoms with van der Waals surface area (Å²) in [6, 6.07) is 13.1. The van der Waals surface area contributed by atoms with Gasteiger partial charge in [-0.1, -0.05) is 56.6 Å². The van der Waals surface area contributed by atoms with Crippen LogP contribution < -0.4 is 5.32 Å². The molecule has 0 aromatic heterocycles. The lowest BCUT2D eigenvalue weighted by molar-refractivity contribution is -0.139. The Balaban J connectivity index is 2.11. The summed E-state index contributed by atoms with van der Waals surface area (Å²) in [4.78, 5) is 23.9. The highest BCUT2D eigenvalue weighted by Crippen LogP contribution is 2.22. The molecule has 0 aliphatic heterocycles. The van der Waals surface area contributed by atoms with Gasteiger partial charge in [0.15, 0.2) is 0 Å². The second-order valence-electron chi connectivity index (χ2n) is 7.03. The van der Waals surface area contributed by atoms with E-state index in [1.807, 2.05) is 12.1 Å². The van der Waals surface area contributed by atoms with E-state index in [1.165, 1.54) is 0 Å². The van der Waals surface area contributed by atoms with Crippen molar-refractivity contribution >= 4 is 23.5 Å². The first kappa shape index (κ1) is 19.0. The van der Waals surface area contributed by atoms with Crippen molar-refractivity contribution in [2.75, 3.05) is 0 Å². The number of carbonyl (C=O) groups is 2. The molecule has 0 heterocycles. The summed E-state index contributed by atoms with van der Waals surface area (Å²) in [7, 11) is 0. The lowest BCUT2D eigenvalue weighted by Gasteiger charge is -2.19. The summed E-state index contributed by atoms with van der Waals surface area (Å²) in [6.45, 7) is 6.27. The van der Waals surface area contributed by atoms with Crippen LogP contribution in [0.3, 0.4) is 0 Å². The lowest BCUT2D eigenvalue weighted by Crippen LogP contribution is -2.42. The predicted molar refractivity (Wildman–Crippen MR) is 99.2 cm³/mol.